The summed E-state index contributed by atoms with van der Waals surface area (Å²) in [6.07, 6.45) is 4.53. The third-order valence-electron chi connectivity index (χ3n) is 6.02. The van der Waals surface area contributed by atoms with Crippen LogP contribution in [0, 0.1) is 17.2 Å². The lowest BCUT2D eigenvalue weighted by molar-refractivity contribution is -0.122. The van der Waals surface area contributed by atoms with Crippen molar-refractivity contribution in [3.8, 4) is 17.2 Å². The third-order valence-corrected chi connectivity index (χ3v) is 6.02. The molecule has 1 saturated carbocycles. The van der Waals surface area contributed by atoms with Gasteiger partial charge in [-0.15, -0.1) is 0 Å². The molecule has 1 fully saturated rings. The smallest absolute Gasteiger partial charge is 0.224 e. The predicted molar refractivity (Wildman–Crippen MR) is 121 cm³/mol. The van der Waals surface area contributed by atoms with E-state index < -0.39 is 0 Å². The number of fused-ring (bicyclic) bond motifs is 1. The molecule has 4 heteroatoms. The van der Waals surface area contributed by atoms with Gasteiger partial charge < -0.3 is 5.32 Å². The maximum atomic E-state index is 12.7. The summed E-state index contributed by atoms with van der Waals surface area (Å²) in [5.41, 5.74) is 4.95. The molecule has 3 aromatic carbocycles. The minimum Gasteiger partial charge on any atom is -0.352 e. The molecule has 0 saturated heterocycles. The molecule has 1 N–H and O–H groups in total. The van der Waals surface area contributed by atoms with Crippen molar-refractivity contribution in [1.29, 1.82) is 5.26 Å². The first kappa shape index (κ1) is 19.0. The topological polar surface area (TPSA) is 65.8 Å². The summed E-state index contributed by atoms with van der Waals surface area (Å²) in [7, 11) is 0. The van der Waals surface area contributed by atoms with Crippen LogP contribution in [0.25, 0.3) is 21.9 Å². The molecule has 0 unspecified atom stereocenters. The van der Waals surface area contributed by atoms with Crippen LogP contribution in [0.15, 0.2) is 85.2 Å². The van der Waals surface area contributed by atoms with Crippen LogP contribution >= 0.6 is 0 Å². The Labute approximate surface area is 181 Å². The monoisotopic (exact) mass is 403 g/mol. The van der Waals surface area contributed by atoms with Crippen LogP contribution in [0.4, 0.5) is 0 Å². The number of amides is 1. The van der Waals surface area contributed by atoms with Gasteiger partial charge in [-0.1, -0.05) is 54.6 Å². The SMILES string of the molecule is N#Cc1cccc(-c2ccc(CNC(=O)[C@H]3C[C@@H]3c3ccccc3)c3cnccc23)c1. The summed E-state index contributed by atoms with van der Waals surface area (Å²) < 4.78 is 0. The number of hydrogen-bond acceptors (Lipinski definition) is 3. The van der Waals surface area contributed by atoms with Gasteiger partial charge in [0.15, 0.2) is 0 Å². The number of hydrogen-bond donors (Lipinski definition) is 1. The number of aromatic nitrogens is 1. The van der Waals surface area contributed by atoms with Gasteiger partial charge in [0.1, 0.15) is 0 Å². The van der Waals surface area contributed by atoms with Crippen LogP contribution < -0.4 is 5.32 Å². The lowest BCUT2D eigenvalue weighted by Gasteiger charge is -2.12. The van der Waals surface area contributed by atoms with Crippen molar-refractivity contribution < 1.29 is 4.79 Å². The summed E-state index contributed by atoms with van der Waals surface area (Å²) in [6.45, 7) is 0.470. The fourth-order valence-corrected chi connectivity index (χ4v) is 4.28. The van der Waals surface area contributed by atoms with Crippen molar-refractivity contribution in [2.45, 2.75) is 18.9 Å². The Kier molecular flexibility index (Phi) is 4.93. The van der Waals surface area contributed by atoms with Gasteiger partial charge in [0.25, 0.3) is 0 Å². The van der Waals surface area contributed by atoms with Crippen LogP contribution in [0.2, 0.25) is 0 Å². The molecule has 1 aliphatic carbocycles. The van der Waals surface area contributed by atoms with Gasteiger partial charge in [-0.3, -0.25) is 9.78 Å². The van der Waals surface area contributed by atoms with E-state index in [0.717, 1.165) is 33.9 Å². The molecule has 1 heterocycles. The Bertz CT molecular complexity index is 1310. The third kappa shape index (κ3) is 3.78. The molecular weight excluding hydrogens is 382 g/mol. The van der Waals surface area contributed by atoms with Gasteiger partial charge in [0.05, 0.1) is 11.6 Å². The van der Waals surface area contributed by atoms with Crippen molar-refractivity contribution in [2.24, 2.45) is 5.92 Å². The normalized spacial score (nSPS) is 17.1. The lowest BCUT2D eigenvalue weighted by Crippen LogP contribution is -2.25. The number of benzene rings is 3. The second-order valence-corrected chi connectivity index (χ2v) is 7.96. The standard InChI is InChI=1S/C27H21N3O/c28-15-18-5-4-8-20(13-18)22-10-9-21(26-17-29-12-11-23(22)26)16-30-27(31)25-14-24(25)19-6-2-1-3-7-19/h1-13,17,24-25H,14,16H2,(H,30,31)/t24-,25+/m1/s1. The Morgan fingerprint density at radius 3 is 2.74 bits per heavy atom. The zero-order valence-corrected chi connectivity index (χ0v) is 17.0. The average Bonchev–Trinajstić information content (AvgIpc) is 3.64. The average molecular weight is 403 g/mol. The number of carbonyl (C=O) groups is 1. The van der Waals surface area contributed by atoms with Crippen LogP contribution in [0.5, 0.6) is 0 Å². The molecule has 1 aromatic heterocycles. The quantitative estimate of drug-likeness (QED) is 0.498. The van der Waals surface area contributed by atoms with Crippen molar-refractivity contribution in [3.63, 3.8) is 0 Å². The maximum Gasteiger partial charge on any atom is 0.224 e. The summed E-state index contributed by atoms with van der Waals surface area (Å²) in [5, 5.41) is 14.4. The number of pyridine rings is 1. The molecule has 150 valence electrons. The van der Waals surface area contributed by atoms with Crippen LogP contribution in [-0.2, 0) is 11.3 Å². The minimum absolute atomic E-state index is 0.0554. The maximum absolute atomic E-state index is 12.7. The van der Waals surface area contributed by atoms with E-state index in [4.69, 9.17) is 0 Å². The second kappa shape index (κ2) is 8.04. The molecule has 0 bridgehead atoms. The zero-order valence-electron chi connectivity index (χ0n) is 17.0. The number of rotatable bonds is 5. The molecule has 1 amide bonds. The molecular formula is C27H21N3O. The summed E-state index contributed by atoms with van der Waals surface area (Å²) in [5.74, 6) is 0.492. The summed E-state index contributed by atoms with van der Waals surface area (Å²) in [4.78, 5) is 17.0. The predicted octanol–water partition coefficient (Wildman–Crippen LogP) is 5.19. The molecule has 4 aromatic rings. The highest BCUT2D eigenvalue weighted by Crippen LogP contribution is 2.47. The Morgan fingerprint density at radius 2 is 1.90 bits per heavy atom. The van der Waals surface area contributed by atoms with Gasteiger partial charge in [0, 0.05) is 30.2 Å². The first-order valence-electron chi connectivity index (χ1n) is 10.4. The minimum atomic E-state index is 0.0554. The molecule has 0 aliphatic heterocycles. The molecule has 1 aliphatic rings. The van der Waals surface area contributed by atoms with E-state index in [0.29, 0.717) is 18.0 Å². The number of nitriles is 1. The van der Waals surface area contributed by atoms with Crippen LogP contribution in [-0.4, -0.2) is 10.9 Å². The lowest BCUT2D eigenvalue weighted by atomic mass is 9.95. The Morgan fingerprint density at radius 1 is 1.03 bits per heavy atom. The molecule has 5 rings (SSSR count). The van der Waals surface area contributed by atoms with Crippen molar-refractivity contribution >= 4 is 16.7 Å². The first-order valence-corrected chi connectivity index (χ1v) is 10.4. The van der Waals surface area contributed by atoms with Gasteiger partial charge in [-0.05, 0) is 58.2 Å². The Hall–Kier alpha value is -3.97. The summed E-state index contributed by atoms with van der Waals surface area (Å²) in [6, 6.07) is 26.1. The van der Waals surface area contributed by atoms with Crippen molar-refractivity contribution in [2.75, 3.05) is 0 Å². The fourth-order valence-electron chi connectivity index (χ4n) is 4.28. The fraction of sp³-hybridized carbons (Fsp3) is 0.148. The van der Waals surface area contributed by atoms with E-state index in [1.807, 2.05) is 54.7 Å². The Balaban J connectivity index is 1.37. The van der Waals surface area contributed by atoms with Gasteiger partial charge in [-0.25, -0.2) is 0 Å². The molecule has 0 spiro atoms. The molecule has 31 heavy (non-hydrogen) atoms. The van der Waals surface area contributed by atoms with Gasteiger partial charge >= 0.3 is 0 Å². The van der Waals surface area contributed by atoms with Gasteiger partial charge in [-0.2, -0.15) is 5.26 Å². The highest BCUT2D eigenvalue weighted by atomic mass is 16.2. The van der Waals surface area contributed by atoms with Crippen molar-refractivity contribution in [1.82, 2.24) is 10.3 Å². The van der Waals surface area contributed by atoms with Crippen molar-refractivity contribution in [3.05, 3.63) is 102 Å². The van der Waals surface area contributed by atoms with E-state index in [1.54, 1.807) is 12.3 Å². The van der Waals surface area contributed by atoms with Crippen LogP contribution in [0.3, 0.4) is 0 Å². The second-order valence-electron chi connectivity index (χ2n) is 7.96. The summed E-state index contributed by atoms with van der Waals surface area (Å²) >= 11 is 0. The molecule has 2 atom stereocenters. The van der Waals surface area contributed by atoms with E-state index in [-0.39, 0.29) is 11.8 Å². The van der Waals surface area contributed by atoms with Gasteiger partial charge in [0.2, 0.25) is 5.91 Å². The number of nitrogens with zero attached hydrogens (tertiary/aromatic N) is 2. The zero-order chi connectivity index (χ0) is 21.2. The van der Waals surface area contributed by atoms with E-state index in [9.17, 15) is 10.1 Å². The van der Waals surface area contributed by atoms with Crippen LogP contribution in [0.1, 0.15) is 29.0 Å². The highest BCUT2D eigenvalue weighted by Gasteiger charge is 2.43. The highest BCUT2D eigenvalue weighted by molar-refractivity contribution is 5.98. The number of carbonyl (C=O) groups excluding carboxylic acids is 1. The van der Waals surface area contributed by atoms with E-state index in [2.05, 4.69) is 34.6 Å². The first-order chi connectivity index (χ1) is 15.2. The molecule has 0 radical (unpaired) electrons. The van der Waals surface area contributed by atoms with E-state index >= 15 is 0 Å². The largest absolute Gasteiger partial charge is 0.352 e. The van der Waals surface area contributed by atoms with E-state index in [1.165, 1.54) is 5.56 Å². The molecule has 4 nitrogen and oxygen atoms in total. The number of nitrogens with one attached hydrogen (secondary N) is 1.